The standard InChI is InChI=1S/C14H26N2O3/c17-14(9-12-4-6-15-10-12)16-5-2-7-18-11-13-3-1-8-19-13/h12-13,15H,1-11H2,(H,16,17). The Kier molecular flexibility index (Phi) is 6.61. The highest BCUT2D eigenvalue weighted by Crippen LogP contribution is 2.12. The summed E-state index contributed by atoms with van der Waals surface area (Å²) in [5, 5.41) is 6.24. The molecule has 5 nitrogen and oxygen atoms in total. The Balaban J connectivity index is 1.39. The van der Waals surface area contributed by atoms with Gasteiger partial charge in [-0.3, -0.25) is 4.79 Å². The summed E-state index contributed by atoms with van der Waals surface area (Å²) >= 11 is 0. The number of rotatable bonds is 8. The van der Waals surface area contributed by atoms with E-state index < -0.39 is 0 Å². The molecule has 0 spiro atoms. The summed E-state index contributed by atoms with van der Waals surface area (Å²) in [7, 11) is 0. The number of nitrogens with one attached hydrogen (secondary N) is 2. The van der Waals surface area contributed by atoms with Crippen LogP contribution < -0.4 is 10.6 Å². The molecule has 2 rings (SSSR count). The zero-order valence-corrected chi connectivity index (χ0v) is 11.7. The van der Waals surface area contributed by atoms with Gasteiger partial charge in [-0.25, -0.2) is 0 Å². The fourth-order valence-electron chi connectivity index (χ4n) is 2.62. The van der Waals surface area contributed by atoms with Crippen molar-refractivity contribution in [3.05, 3.63) is 0 Å². The van der Waals surface area contributed by atoms with Crippen molar-refractivity contribution in [2.75, 3.05) is 39.5 Å². The number of ether oxygens (including phenoxy) is 2. The minimum atomic E-state index is 0.174. The second-order valence-corrected chi connectivity index (χ2v) is 5.48. The van der Waals surface area contributed by atoms with Gasteiger partial charge in [0.1, 0.15) is 0 Å². The summed E-state index contributed by atoms with van der Waals surface area (Å²) in [6, 6.07) is 0. The molecule has 2 fully saturated rings. The van der Waals surface area contributed by atoms with E-state index in [1.807, 2.05) is 0 Å². The Bertz CT molecular complexity index is 261. The highest BCUT2D eigenvalue weighted by atomic mass is 16.5. The van der Waals surface area contributed by atoms with E-state index in [4.69, 9.17) is 9.47 Å². The van der Waals surface area contributed by atoms with E-state index in [1.54, 1.807) is 0 Å². The molecule has 2 N–H and O–H groups in total. The van der Waals surface area contributed by atoms with Gasteiger partial charge < -0.3 is 20.1 Å². The van der Waals surface area contributed by atoms with Gasteiger partial charge in [-0.2, -0.15) is 0 Å². The van der Waals surface area contributed by atoms with Gasteiger partial charge >= 0.3 is 0 Å². The van der Waals surface area contributed by atoms with Gasteiger partial charge in [-0.15, -0.1) is 0 Å². The summed E-state index contributed by atoms with van der Waals surface area (Å²) in [5.74, 6) is 0.698. The summed E-state index contributed by atoms with van der Waals surface area (Å²) in [6.07, 6.45) is 5.22. The summed E-state index contributed by atoms with van der Waals surface area (Å²) in [6.45, 7) is 5.02. The molecule has 2 atom stereocenters. The van der Waals surface area contributed by atoms with E-state index >= 15 is 0 Å². The third-order valence-electron chi connectivity index (χ3n) is 3.75. The molecule has 2 unspecified atom stereocenters. The monoisotopic (exact) mass is 270 g/mol. The number of carbonyl (C=O) groups is 1. The molecule has 0 saturated carbocycles. The molecule has 1 amide bonds. The molecule has 2 heterocycles. The van der Waals surface area contributed by atoms with Crippen LogP contribution in [0.15, 0.2) is 0 Å². The topological polar surface area (TPSA) is 59.6 Å². The van der Waals surface area contributed by atoms with Crippen LogP contribution in [-0.4, -0.2) is 51.5 Å². The molecule has 0 aliphatic carbocycles. The third kappa shape index (κ3) is 5.89. The van der Waals surface area contributed by atoms with Crippen molar-refractivity contribution >= 4 is 5.91 Å². The Labute approximate surface area is 115 Å². The first kappa shape index (κ1) is 14.8. The molecular weight excluding hydrogens is 244 g/mol. The highest BCUT2D eigenvalue weighted by Gasteiger charge is 2.17. The van der Waals surface area contributed by atoms with Gasteiger partial charge in [0.05, 0.1) is 12.7 Å². The Hall–Kier alpha value is -0.650. The number of amides is 1. The fraction of sp³-hybridized carbons (Fsp3) is 0.929. The quantitative estimate of drug-likeness (QED) is 0.637. The highest BCUT2D eigenvalue weighted by molar-refractivity contribution is 5.76. The summed E-state index contributed by atoms with van der Waals surface area (Å²) < 4.78 is 11.0. The zero-order chi connectivity index (χ0) is 13.3. The van der Waals surface area contributed by atoms with Crippen LogP contribution >= 0.6 is 0 Å². The van der Waals surface area contributed by atoms with Gasteiger partial charge in [-0.05, 0) is 44.7 Å². The molecule has 0 radical (unpaired) electrons. The van der Waals surface area contributed by atoms with E-state index in [-0.39, 0.29) is 5.91 Å². The molecule has 2 aliphatic heterocycles. The first-order chi connectivity index (χ1) is 9.34. The minimum Gasteiger partial charge on any atom is -0.379 e. The lowest BCUT2D eigenvalue weighted by Crippen LogP contribution is -2.28. The van der Waals surface area contributed by atoms with E-state index in [0.717, 1.165) is 45.4 Å². The van der Waals surface area contributed by atoms with Crippen LogP contribution in [0.1, 0.15) is 32.1 Å². The first-order valence-electron chi connectivity index (χ1n) is 7.51. The average molecular weight is 270 g/mol. The smallest absolute Gasteiger partial charge is 0.220 e. The lowest BCUT2D eigenvalue weighted by atomic mass is 10.0. The molecule has 0 aromatic heterocycles. The Morgan fingerprint density at radius 3 is 3.11 bits per heavy atom. The van der Waals surface area contributed by atoms with Crippen LogP contribution in [0, 0.1) is 5.92 Å². The largest absolute Gasteiger partial charge is 0.379 e. The maximum absolute atomic E-state index is 11.6. The maximum atomic E-state index is 11.6. The van der Waals surface area contributed by atoms with Crippen molar-refractivity contribution in [1.29, 1.82) is 0 Å². The van der Waals surface area contributed by atoms with Crippen molar-refractivity contribution in [1.82, 2.24) is 10.6 Å². The van der Waals surface area contributed by atoms with Gasteiger partial charge in [-0.1, -0.05) is 0 Å². The van der Waals surface area contributed by atoms with E-state index in [2.05, 4.69) is 10.6 Å². The molecule has 5 heteroatoms. The van der Waals surface area contributed by atoms with E-state index in [1.165, 1.54) is 0 Å². The second-order valence-electron chi connectivity index (χ2n) is 5.48. The molecule has 2 aliphatic rings. The molecule has 110 valence electrons. The predicted molar refractivity (Wildman–Crippen MR) is 73.0 cm³/mol. The Morgan fingerprint density at radius 2 is 2.37 bits per heavy atom. The normalized spacial score (nSPS) is 26.7. The Morgan fingerprint density at radius 1 is 1.42 bits per heavy atom. The second kappa shape index (κ2) is 8.51. The van der Waals surface area contributed by atoms with Gasteiger partial charge in [0.15, 0.2) is 0 Å². The summed E-state index contributed by atoms with van der Waals surface area (Å²) in [4.78, 5) is 11.6. The third-order valence-corrected chi connectivity index (χ3v) is 3.75. The van der Waals surface area contributed by atoms with Crippen molar-refractivity contribution < 1.29 is 14.3 Å². The predicted octanol–water partition coefficient (Wildman–Crippen LogP) is 0.688. The molecule has 19 heavy (non-hydrogen) atoms. The van der Waals surface area contributed by atoms with Crippen LogP contribution in [0.4, 0.5) is 0 Å². The van der Waals surface area contributed by atoms with Gasteiger partial charge in [0.2, 0.25) is 5.91 Å². The molecule has 0 bridgehead atoms. The molecular formula is C14H26N2O3. The number of hydrogen-bond donors (Lipinski definition) is 2. The SMILES string of the molecule is O=C(CC1CCNC1)NCCCOCC1CCCO1. The van der Waals surface area contributed by atoms with Crippen LogP contribution in [0.25, 0.3) is 0 Å². The van der Waals surface area contributed by atoms with Crippen molar-refractivity contribution in [2.24, 2.45) is 5.92 Å². The van der Waals surface area contributed by atoms with Gasteiger partial charge in [0.25, 0.3) is 0 Å². The molecule has 0 aromatic carbocycles. The molecule has 2 saturated heterocycles. The van der Waals surface area contributed by atoms with Crippen LogP contribution in [0.2, 0.25) is 0 Å². The van der Waals surface area contributed by atoms with Crippen molar-refractivity contribution in [3.8, 4) is 0 Å². The maximum Gasteiger partial charge on any atom is 0.220 e. The lowest BCUT2D eigenvalue weighted by molar-refractivity contribution is -0.121. The molecule has 0 aromatic rings. The van der Waals surface area contributed by atoms with Crippen LogP contribution in [-0.2, 0) is 14.3 Å². The van der Waals surface area contributed by atoms with E-state index in [0.29, 0.717) is 38.2 Å². The van der Waals surface area contributed by atoms with Gasteiger partial charge in [0, 0.05) is 26.2 Å². The number of carbonyl (C=O) groups excluding carboxylic acids is 1. The minimum absolute atomic E-state index is 0.174. The van der Waals surface area contributed by atoms with Crippen molar-refractivity contribution in [3.63, 3.8) is 0 Å². The lowest BCUT2D eigenvalue weighted by Gasteiger charge is -2.11. The van der Waals surface area contributed by atoms with E-state index in [9.17, 15) is 4.79 Å². The van der Waals surface area contributed by atoms with Crippen LogP contribution in [0.5, 0.6) is 0 Å². The average Bonchev–Trinajstić information content (AvgIpc) is 3.06. The fourth-order valence-corrected chi connectivity index (χ4v) is 2.62. The first-order valence-corrected chi connectivity index (χ1v) is 7.51. The number of hydrogen-bond acceptors (Lipinski definition) is 4. The zero-order valence-electron chi connectivity index (χ0n) is 11.7. The summed E-state index contributed by atoms with van der Waals surface area (Å²) in [5.41, 5.74) is 0. The van der Waals surface area contributed by atoms with Crippen LogP contribution in [0.3, 0.4) is 0 Å². The van der Waals surface area contributed by atoms with Crippen molar-refractivity contribution in [2.45, 2.75) is 38.2 Å².